The Kier molecular flexibility index (Phi) is 6.77. The molecule has 0 heterocycles. The van der Waals surface area contributed by atoms with Gasteiger partial charge in [0.15, 0.2) is 0 Å². The normalized spacial score (nSPS) is 12.3. The first-order valence-electron chi connectivity index (χ1n) is 11.1. The van der Waals surface area contributed by atoms with Gasteiger partial charge in [0.2, 0.25) is 0 Å². The van der Waals surface area contributed by atoms with E-state index < -0.39 is 28.0 Å². The van der Waals surface area contributed by atoms with Crippen molar-refractivity contribution in [2.45, 2.75) is 41.6 Å². The summed E-state index contributed by atoms with van der Waals surface area (Å²) in [5, 5.41) is 0. The van der Waals surface area contributed by atoms with Crippen LogP contribution in [0.5, 0.6) is 0 Å². The van der Waals surface area contributed by atoms with Gasteiger partial charge in [-0.1, -0.05) is 54.1 Å². The summed E-state index contributed by atoms with van der Waals surface area (Å²) < 4.78 is 45.7. The van der Waals surface area contributed by atoms with Crippen molar-refractivity contribution in [2.24, 2.45) is 0 Å². The molecule has 4 aromatic rings. The highest BCUT2D eigenvalue weighted by atomic mass is 32.3. The second-order valence-electron chi connectivity index (χ2n) is 8.36. The van der Waals surface area contributed by atoms with Crippen LogP contribution in [0.2, 0.25) is 0 Å². The average Bonchev–Trinajstić information content (AvgIpc) is 2.83. The third kappa shape index (κ3) is 4.84. The molecule has 0 atom stereocenters. The number of benzene rings is 4. The Morgan fingerprint density at radius 3 is 1.60 bits per heavy atom. The van der Waals surface area contributed by atoms with Crippen LogP contribution in [0.1, 0.15) is 32.6 Å². The van der Waals surface area contributed by atoms with Crippen LogP contribution in [-0.4, -0.2) is 5.97 Å². The van der Waals surface area contributed by atoms with Crippen LogP contribution in [0.15, 0.2) is 112 Å². The van der Waals surface area contributed by atoms with Crippen LogP contribution in [0.4, 0.5) is 13.2 Å². The Labute approximate surface area is 204 Å². The molecule has 0 amide bonds. The monoisotopic (exact) mass is 494 g/mol. The van der Waals surface area contributed by atoms with E-state index >= 15 is 0 Å². The van der Waals surface area contributed by atoms with Gasteiger partial charge < -0.3 is 4.18 Å². The van der Waals surface area contributed by atoms with Crippen LogP contribution in [0, 0.1) is 20.8 Å². The van der Waals surface area contributed by atoms with Crippen LogP contribution in [0.3, 0.4) is 0 Å². The molecule has 0 unspecified atom stereocenters. The van der Waals surface area contributed by atoms with Crippen LogP contribution < -0.4 is 0 Å². The summed E-state index contributed by atoms with van der Waals surface area (Å²) in [6, 6.07) is 27.3. The lowest BCUT2D eigenvalue weighted by Gasteiger charge is -2.41. The molecule has 180 valence electrons. The van der Waals surface area contributed by atoms with Crippen molar-refractivity contribution >= 4 is 16.3 Å². The van der Waals surface area contributed by atoms with Gasteiger partial charge in [-0.3, -0.25) is 0 Å². The Balaban J connectivity index is 1.95. The predicted octanol–water partition coefficient (Wildman–Crippen LogP) is 8.68. The number of halogens is 3. The molecule has 4 aromatic carbocycles. The molecular weight excluding hydrogens is 469 g/mol. The van der Waals surface area contributed by atoms with Gasteiger partial charge in [0.1, 0.15) is 0 Å². The zero-order chi connectivity index (χ0) is 25.2. The maximum absolute atomic E-state index is 13.5. The highest BCUT2D eigenvalue weighted by Gasteiger charge is 2.38. The molecular formula is C29H25F3O2S. The maximum Gasteiger partial charge on any atom is 0.416 e. The van der Waals surface area contributed by atoms with Crippen LogP contribution in [-0.2, 0) is 10.4 Å². The molecule has 0 aliphatic heterocycles. The Hall–Kier alpha value is -3.51. The van der Waals surface area contributed by atoms with Gasteiger partial charge in [0.25, 0.3) is 0 Å². The minimum atomic E-state index is -4.48. The summed E-state index contributed by atoms with van der Waals surface area (Å²) in [6.45, 7) is 6.00. The number of hydrogen-bond acceptors (Lipinski definition) is 2. The van der Waals surface area contributed by atoms with Crippen LogP contribution >= 0.6 is 10.3 Å². The molecule has 0 radical (unpaired) electrons. The number of alkyl halides is 3. The molecule has 2 nitrogen and oxygen atoms in total. The van der Waals surface area contributed by atoms with Crippen molar-refractivity contribution in [1.29, 1.82) is 0 Å². The molecule has 0 saturated heterocycles. The molecule has 0 fully saturated rings. The Morgan fingerprint density at radius 1 is 0.714 bits per heavy atom. The fourth-order valence-corrected chi connectivity index (χ4v) is 7.76. The standard InChI is InChI=1S/C29H25F3O2S/c1-20-18-21(2)27(22(3)19-20)35(25-10-6-4-7-11-25,26-12-8-5-9-13-26)34-28(33)23-14-16-24(17-15-23)29(30,31)32/h4-19H,1-3H3. The van der Waals surface area contributed by atoms with E-state index in [1.807, 2.05) is 81.4 Å². The number of hydrogen-bond donors (Lipinski definition) is 0. The summed E-state index contributed by atoms with van der Waals surface area (Å²) in [6.07, 6.45) is -4.48. The van der Waals surface area contributed by atoms with Gasteiger partial charge in [-0.25, -0.2) is 4.79 Å². The second kappa shape index (κ2) is 9.62. The van der Waals surface area contributed by atoms with E-state index in [0.717, 1.165) is 43.5 Å². The fourth-order valence-electron chi connectivity index (χ4n) is 4.31. The van der Waals surface area contributed by atoms with Gasteiger partial charge >= 0.3 is 12.1 Å². The zero-order valence-corrected chi connectivity index (χ0v) is 20.4. The van der Waals surface area contributed by atoms with Crippen molar-refractivity contribution in [3.63, 3.8) is 0 Å². The summed E-state index contributed by atoms with van der Waals surface area (Å²) in [4.78, 5) is 16.1. The summed E-state index contributed by atoms with van der Waals surface area (Å²) in [5.41, 5.74) is 2.29. The van der Waals surface area contributed by atoms with Gasteiger partial charge in [-0.15, -0.1) is 0 Å². The lowest BCUT2D eigenvalue weighted by atomic mass is 10.1. The summed E-state index contributed by atoms with van der Waals surface area (Å²) in [7, 11) is -2.57. The van der Waals surface area contributed by atoms with E-state index in [1.165, 1.54) is 12.1 Å². The lowest BCUT2D eigenvalue weighted by molar-refractivity contribution is -0.137. The highest BCUT2D eigenvalue weighted by molar-refractivity contribution is 8.30. The number of carbonyl (C=O) groups excluding carboxylic acids is 1. The number of rotatable bonds is 5. The molecule has 35 heavy (non-hydrogen) atoms. The van der Waals surface area contributed by atoms with E-state index in [1.54, 1.807) is 0 Å². The fraction of sp³-hybridized carbons (Fsp3) is 0.138. The molecule has 6 heteroatoms. The topological polar surface area (TPSA) is 26.3 Å². The Morgan fingerprint density at radius 2 is 1.17 bits per heavy atom. The van der Waals surface area contributed by atoms with Crippen molar-refractivity contribution in [2.75, 3.05) is 0 Å². The summed E-state index contributed by atoms with van der Waals surface area (Å²) >= 11 is 0. The van der Waals surface area contributed by atoms with Crippen molar-refractivity contribution in [3.8, 4) is 0 Å². The zero-order valence-electron chi connectivity index (χ0n) is 19.6. The first kappa shape index (κ1) is 24.6. The average molecular weight is 495 g/mol. The largest absolute Gasteiger partial charge is 0.416 e. The van der Waals surface area contributed by atoms with E-state index in [2.05, 4.69) is 12.1 Å². The number of carbonyl (C=O) groups is 1. The molecule has 0 spiro atoms. The minimum Gasteiger partial charge on any atom is -0.398 e. The molecule has 0 aromatic heterocycles. The maximum atomic E-state index is 13.5. The van der Waals surface area contributed by atoms with Crippen LogP contribution in [0.25, 0.3) is 0 Å². The van der Waals surface area contributed by atoms with E-state index in [4.69, 9.17) is 4.18 Å². The SMILES string of the molecule is Cc1cc(C)c(S(OC(=O)c2ccc(C(F)(F)F)cc2)(c2ccccc2)c2ccccc2)c(C)c1. The molecule has 0 N–H and O–H groups in total. The second-order valence-corrected chi connectivity index (χ2v) is 11.0. The quantitative estimate of drug-likeness (QED) is 0.277. The third-order valence-corrected chi connectivity index (χ3v) is 9.18. The van der Waals surface area contributed by atoms with Gasteiger partial charge in [-0.2, -0.15) is 13.2 Å². The van der Waals surface area contributed by atoms with E-state index in [9.17, 15) is 18.0 Å². The van der Waals surface area contributed by atoms with Crippen molar-refractivity contribution in [3.05, 3.63) is 125 Å². The molecule has 0 saturated carbocycles. The first-order valence-corrected chi connectivity index (χ1v) is 12.6. The Bertz CT molecular complexity index is 1270. The summed E-state index contributed by atoms with van der Waals surface area (Å²) in [5.74, 6) is -0.680. The van der Waals surface area contributed by atoms with Gasteiger partial charge in [0, 0.05) is 14.7 Å². The van der Waals surface area contributed by atoms with Gasteiger partial charge in [-0.05, 0) is 90.7 Å². The lowest BCUT2D eigenvalue weighted by Crippen LogP contribution is -2.16. The third-order valence-electron chi connectivity index (χ3n) is 5.69. The minimum absolute atomic E-state index is 0.0594. The molecule has 0 aliphatic carbocycles. The molecule has 0 aliphatic rings. The van der Waals surface area contributed by atoms with E-state index in [0.29, 0.717) is 0 Å². The predicted molar refractivity (Wildman–Crippen MR) is 133 cm³/mol. The smallest absolute Gasteiger partial charge is 0.398 e. The highest BCUT2D eigenvalue weighted by Crippen LogP contribution is 2.70. The molecule has 4 rings (SSSR count). The number of aryl methyl sites for hydroxylation is 3. The van der Waals surface area contributed by atoms with E-state index in [-0.39, 0.29) is 5.56 Å². The molecule has 0 bridgehead atoms. The van der Waals surface area contributed by atoms with Gasteiger partial charge in [0.05, 0.1) is 11.1 Å². The van der Waals surface area contributed by atoms with Crippen molar-refractivity contribution < 1.29 is 22.1 Å². The first-order chi connectivity index (χ1) is 16.6. The van der Waals surface area contributed by atoms with Crippen molar-refractivity contribution in [1.82, 2.24) is 0 Å².